The molecule has 0 unspecified atom stereocenters. The average molecular weight is 98.1 g/mol. The zero-order valence-corrected chi connectivity index (χ0v) is 4.39. The topological polar surface area (TPSA) is 52.0 Å². The Morgan fingerprint density at radius 3 is 2.14 bits per heavy atom. The first-order valence-electron chi connectivity index (χ1n) is 2.11. The molecular weight excluding hydrogens is 88.1 g/mol. The molecule has 0 rings (SSSR count). The fourth-order valence-electron chi connectivity index (χ4n) is 0.207. The molecule has 0 atom stereocenters. The van der Waals surface area contributed by atoms with Crippen molar-refractivity contribution in [2.45, 2.75) is 6.92 Å². The first kappa shape index (κ1) is 6.08. The Hall–Kier alpha value is -0.920. The smallest absolute Gasteiger partial charge is 0.0933 e. The summed E-state index contributed by atoms with van der Waals surface area (Å²) in [6, 6.07) is 0. The highest BCUT2D eigenvalue weighted by Gasteiger charge is 1.65. The van der Waals surface area contributed by atoms with E-state index in [-0.39, 0.29) is 0 Å². The molecule has 0 aliphatic rings. The third-order valence-electron chi connectivity index (χ3n) is 0.481. The molecular formula is C5H10N2. The van der Waals surface area contributed by atoms with Crippen molar-refractivity contribution in [1.82, 2.24) is 0 Å². The van der Waals surface area contributed by atoms with E-state index < -0.39 is 0 Å². The fourth-order valence-corrected chi connectivity index (χ4v) is 0.207. The lowest BCUT2D eigenvalue weighted by Gasteiger charge is -1.80. The first-order valence-corrected chi connectivity index (χ1v) is 2.11. The number of hydrogen-bond donors (Lipinski definition) is 2. The molecule has 0 saturated heterocycles. The Morgan fingerprint density at radius 1 is 1.43 bits per heavy atom. The fraction of sp³-hybridized carbons (Fsp3) is 0.200. The highest BCUT2D eigenvalue weighted by Crippen LogP contribution is 1.73. The minimum absolute atomic E-state index is 0.345. The number of hydrogen-bond acceptors (Lipinski definition) is 2. The molecule has 0 aromatic carbocycles. The van der Waals surface area contributed by atoms with E-state index in [4.69, 9.17) is 11.5 Å². The SMILES string of the molecule is C/C=C/C=C(N)N. The maximum absolute atomic E-state index is 5.07. The second kappa shape index (κ2) is 3.28. The van der Waals surface area contributed by atoms with Gasteiger partial charge in [0.2, 0.25) is 0 Å². The van der Waals surface area contributed by atoms with Crippen LogP contribution in [-0.4, -0.2) is 0 Å². The standard InChI is InChI=1S/C5H10N2/c1-2-3-4-5(6)7/h2-4H,6-7H2,1H3/b3-2+. The van der Waals surface area contributed by atoms with Crippen LogP contribution in [-0.2, 0) is 0 Å². The molecule has 40 valence electrons. The summed E-state index contributed by atoms with van der Waals surface area (Å²) in [6.45, 7) is 1.90. The summed E-state index contributed by atoms with van der Waals surface area (Å²) in [5.41, 5.74) is 10.1. The molecule has 2 nitrogen and oxygen atoms in total. The van der Waals surface area contributed by atoms with Crippen molar-refractivity contribution in [1.29, 1.82) is 0 Å². The zero-order chi connectivity index (χ0) is 5.70. The minimum atomic E-state index is 0.345. The maximum atomic E-state index is 5.07. The first-order chi connectivity index (χ1) is 3.27. The Balaban J connectivity index is 3.46. The summed E-state index contributed by atoms with van der Waals surface area (Å²) in [5.74, 6) is 0.345. The summed E-state index contributed by atoms with van der Waals surface area (Å²) in [5, 5.41) is 0. The van der Waals surface area contributed by atoms with E-state index in [1.165, 1.54) is 0 Å². The van der Waals surface area contributed by atoms with Gasteiger partial charge in [-0.25, -0.2) is 0 Å². The van der Waals surface area contributed by atoms with Crippen molar-refractivity contribution >= 4 is 0 Å². The van der Waals surface area contributed by atoms with Crippen LogP contribution in [0, 0.1) is 0 Å². The Bertz CT molecular complexity index is 88.3. The number of allylic oxidation sites excluding steroid dienone is 3. The van der Waals surface area contributed by atoms with Gasteiger partial charge in [0.25, 0.3) is 0 Å². The third kappa shape index (κ3) is 5.08. The van der Waals surface area contributed by atoms with E-state index in [9.17, 15) is 0 Å². The highest BCUT2D eigenvalue weighted by atomic mass is 14.8. The van der Waals surface area contributed by atoms with Crippen LogP contribution >= 0.6 is 0 Å². The normalized spacial score (nSPS) is 9.29. The molecule has 0 aromatic rings. The molecule has 0 heterocycles. The van der Waals surface area contributed by atoms with Crippen LogP contribution in [0.15, 0.2) is 24.0 Å². The number of nitrogens with two attached hydrogens (primary N) is 2. The van der Waals surface area contributed by atoms with Gasteiger partial charge < -0.3 is 11.5 Å². The Kier molecular flexibility index (Phi) is 2.85. The number of rotatable bonds is 1. The summed E-state index contributed by atoms with van der Waals surface area (Å²) in [7, 11) is 0. The highest BCUT2D eigenvalue weighted by molar-refractivity contribution is 5.05. The second-order valence-electron chi connectivity index (χ2n) is 1.19. The van der Waals surface area contributed by atoms with Crippen LogP contribution in [0.3, 0.4) is 0 Å². The molecule has 0 bridgehead atoms. The van der Waals surface area contributed by atoms with Gasteiger partial charge in [-0.3, -0.25) is 0 Å². The van der Waals surface area contributed by atoms with E-state index in [0.717, 1.165) is 0 Å². The summed E-state index contributed by atoms with van der Waals surface area (Å²) < 4.78 is 0. The van der Waals surface area contributed by atoms with E-state index in [1.807, 2.05) is 13.0 Å². The van der Waals surface area contributed by atoms with Crippen LogP contribution in [0.4, 0.5) is 0 Å². The molecule has 0 radical (unpaired) electrons. The van der Waals surface area contributed by atoms with Gasteiger partial charge in [0, 0.05) is 0 Å². The van der Waals surface area contributed by atoms with Gasteiger partial charge in [0.1, 0.15) is 0 Å². The molecule has 0 aromatic heterocycles. The largest absolute Gasteiger partial charge is 0.386 e. The van der Waals surface area contributed by atoms with Crippen molar-refractivity contribution in [2.75, 3.05) is 0 Å². The van der Waals surface area contributed by atoms with Crippen LogP contribution in [0.5, 0.6) is 0 Å². The predicted octanol–water partition coefficient (Wildman–Crippen LogP) is 0.321. The van der Waals surface area contributed by atoms with Gasteiger partial charge in [0.05, 0.1) is 5.82 Å². The van der Waals surface area contributed by atoms with E-state index in [0.29, 0.717) is 5.82 Å². The van der Waals surface area contributed by atoms with Crippen molar-refractivity contribution in [2.24, 2.45) is 11.5 Å². The van der Waals surface area contributed by atoms with Crippen LogP contribution in [0.2, 0.25) is 0 Å². The summed E-state index contributed by atoms with van der Waals surface area (Å²) in [4.78, 5) is 0. The third-order valence-corrected chi connectivity index (χ3v) is 0.481. The van der Waals surface area contributed by atoms with E-state index in [1.54, 1.807) is 12.2 Å². The zero-order valence-electron chi connectivity index (χ0n) is 4.39. The van der Waals surface area contributed by atoms with E-state index >= 15 is 0 Å². The molecule has 0 saturated carbocycles. The van der Waals surface area contributed by atoms with Crippen LogP contribution in [0.1, 0.15) is 6.92 Å². The summed E-state index contributed by atoms with van der Waals surface area (Å²) in [6.07, 6.45) is 5.29. The summed E-state index contributed by atoms with van der Waals surface area (Å²) >= 11 is 0. The van der Waals surface area contributed by atoms with Gasteiger partial charge in [-0.2, -0.15) is 0 Å². The molecule has 0 fully saturated rings. The molecule has 0 aliphatic carbocycles. The molecule has 2 heteroatoms. The second-order valence-corrected chi connectivity index (χ2v) is 1.19. The molecule has 4 N–H and O–H groups in total. The Morgan fingerprint density at radius 2 is 2.00 bits per heavy atom. The van der Waals surface area contributed by atoms with Crippen molar-refractivity contribution in [3.63, 3.8) is 0 Å². The Labute approximate surface area is 43.5 Å². The predicted molar refractivity (Wildman–Crippen MR) is 31.3 cm³/mol. The van der Waals surface area contributed by atoms with Crippen molar-refractivity contribution < 1.29 is 0 Å². The van der Waals surface area contributed by atoms with E-state index in [2.05, 4.69) is 0 Å². The van der Waals surface area contributed by atoms with Gasteiger partial charge in [-0.05, 0) is 13.0 Å². The minimum Gasteiger partial charge on any atom is -0.386 e. The van der Waals surface area contributed by atoms with Crippen molar-refractivity contribution in [3.05, 3.63) is 24.0 Å². The molecule has 0 spiro atoms. The van der Waals surface area contributed by atoms with Gasteiger partial charge in [-0.15, -0.1) is 0 Å². The molecule has 0 amide bonds. The quantitative estimate of drug-likeness (QED) is 0.464. The molecule has 0 aliphatic heterocycles. The monoisotopic (exact) mass is 98.1 g/mol. The maximum Gasteiger partial charge on any atom is 0.0933 e. The molecule has 7 heavy (non-hydrogen) atoms. The lowest BCUT2D eigenvalue weighted by Crippen LogP contribution is -2.06. The van der Waals surface area contributed by atoms with Crippen LogP contribution in [0.25, 0.3) is 0 Å². The van der Waals surface area contributed by atoms with Gasteiger partial charge in [0.15, 0.2) is 0 Å². The van der Waals surface area contributed by atoms with Crippen LogP contribution < -0.4 is 11.5 Å². The lowest BCUT2D eigenvalue weighted by atomic mass is 10.5. The van der Waals surface area contributed by atoms with Crippen molar-refractivity contribution in [3.8, 4) is 0 Å². The van der Waals surface area contributed by atoms with Gasteiger partial charge in [-0.1, -0.05) is 12.2 Å². The lowest BCUT2D eigenvalue weighted by molar-refractivity contribution is 1.25. The average Bonchev–Trinajstić information content (AvgIpc) is 1.61. The van der Waals surface area contributed by atoms with Gasteiger partial charge >= 0.3 is 0 Å².